The van der Waals surface area contributed by atoms with E-state index in [1.807, 2.05) is 24.3 Å². The van der Waals surface area contributed by atoms with Gasteiger partial charge in [-0.3, -0.25) is 0 Å². The third-order valence-electron chi connectivity index (χ3n) is 2.65. The first-order valence-corrected chi connectivity index (χ1v) is 6.73. The van der Waals surface area contributed by atoms with Crippen LogP contribution in [0.1, 0.15) is 32.3 Å². The van der Waals surface area contributed by atoms with Gasteiger partial charge >= 0.3 is 0 Å². The largest absolute Gasteiger partial charge is 0.497 e. The lowest BCUT2D eigenvalue weighted by Gasteiger charge is -2.04. The highest BCUT2D eigenvalue weighted by Gasteiger charge is 1.94. The van der Waals surface area contributed by atoms with E-state index in [-0.39, 0.29) is 0 Å². The molecule has 1 rings (SSSR count). The summed E-state index contributed by atoms with van der Waals surface area (Å²) in [5.41, 5.74) is 2.51. The Kier molecular flexibility index (Phi) is 7.68. The van der Waals surface area contributed by atoms with Gasteiger partial charge in [0.1, 0.15) is 5.75 Å². The molecular formula is C17H24O2. The molecule has 0 spiro atoms. The van der Waals surface area contributed by atoms with Crippen LogP contribution in [0.3, 0.4) is 0 Å². The van der Waals surface area contributed by atoms with Gasteiger partial charge in [0.25, 0.3) is 0 Å². The fourth-order valence-electron chi connectivity index (χ4n) is 1.57. The number of benzene rings is 1. The quantitative estimate of drug-likeness (QED) is 0.505. The number of unbranched alkanes of at least 4 members (excludes halogenated alkanes) is 1. The smallest absolute Gasteiger partial charge is 0.118 e. The van der Waals surface area contributed by atoms with Crippen LogP contribution in [0.25, 0.3) is 0 Å². The van der Waals surface area contributed by atoms with Crippen LogP contribution < -0.4 is 4.74 Å². The van der Waals surface area contributed by atoms with Crippen LogP contribution in [0.4, 0.5) is 0 Å². The van der Waals surface area contributed by atoms with Crippen molar-refractivity contribution in [1.29, 1.82) is 0 Å². The molecule has 0 fully saturated rings. The fourth-order valence-corrected chi connectivity index (χ4v) is 1.57. The first kappa shape index (κ1) is 15.5. The number of hydrogen-bond donors (Lipinski definition) is 0. The van der Waals surface area contributed by atoms with Gasteiger partial charge in [0, 0.05) is 6.61 Å². The molecule has 0 N–H and O–H groups in total. The molecule has 19 heavy (non-hydrogen) atoms. The minimum Gasteiger partial charge on any atom is -0.497 e. The summed E-state index contributed by atoms with van der Waals surface area (Å²) in [5.74, 6) is 0.883. The summed E-state index contributed by atoms with van der Waals surface area (Å²) in [6.07, 6.45) is 8.54. The number of ether oxygens (including phenoxy) is 2. The molecule has 0 unspecified atom stereocenters. The first-order chi connectivity index (χ1) is 9.22. The molecular weight excluding hydrogens is 236 g/mol. The summed E-state index contributed by atoms with van der Waals surface area (Å²) in [5, 5.41) is 0. The van der Waals surface area contributed by atoms with E-state index in [9.17, 15) is 0 Å². The van der Waals surface area contributed by atoms with Gasteiger partial charge in [0.15, 0.2) is 0 Å². The van der Waals surface area contributed by atoms with E-state index in [1.54, 1.807) is 7.11 Å². The van der Waals surface area contributed by atoms with Crippen molar-refractivity contribution in [2.45, 2.75) is 33.3 Å². The molecule has 2 nitrogen and oxygen atoms in total. The van der Waals surface area contributed by atoms with Gasteiger partial charge in [0.2, 0.25) is 0 Å². The molecule has 0 aliphatic heterocycles. The Morgan fingerprint density at radius 1 is 1.16 bits per heavy atom. The topological polar surface area (TPSA) is 18.5 Å². The predicted octanol–water partition coefficient (Wildman–Crippen LogP) is 4.51. The van der Waals surface area contributed by atoms with Crippen LogP contribution in [0.15, 0.2) is 48.1 Å². The second-order valence-electron chi connectivity index (χ2n) is 4.72. The second kappa shape index (κ2) is 9.40. The maximum atomic E-state index is 5.63. The van der Waals surface area contributed by atoms with Gasteiger partial charge in [-0.05, 0) is 44.4 Å². The molecule has 0 saturated carbocycles. The van der Waals surface area contributed by atoms with Crippen molar-refractivity contribution >= 4 is 0 Å². The Labute approximate surface area is 116 Å². The van der Waals surface area contributed by atoms with Gasteiger partial charge in [-0.25, -0.2) is 0 Å². The summed E-state index contributed by atoms with van der Waals surface area (Å²) >= 11 is 0. The van der Waals surface area contributed by atoms with Crippen LogP contribution in [0.5, 0.6) is 5.75 Å². The van der Waals surface area contributed by atoms with Gasteiger partial charge in [-0.15, -0.1) is 0 Å². The van der Waals surface area contributed by atoms with Gasteiger partial charge in [0.05, 0.1) is 13.7 Å². The van der Waals surface area contributed by atoms with Gasteiger partial charge in [-0.1, -0.05) is 35.9 Å². The summed E-state index contributed by atoms with van der Waals surface area (Å²) in [7, 11) is 1.67. The van der Waals surface area contributed by atoms with Crippen molar-refractivity contribution in [1.82, 2.24) is 0 Å². The lowest BCUT2D eigenvalue weighted by molar-refractivity contribution is 0.119. The third-order valence-corrected chi connectivity index (χ3v) is 2.65. The van der Waals surface area contributed by atoms with Crippen molar-refractivity contribution in [2.75, 3.05) is 13.7 Å². The number of hydrogen-bond acceptors (Lipinski definition) is 2. The SMILES string of the molecule is COc1ccc(COCCC/C=C\C=C(C)C)cc1. The van der Waals surface area contributed by atoms with E-state index in [4.69, 9.17) is 9.47 Å². The maximum Gasteiger partial charge on any atom is 0.118 e. The molecule has 0 aromatic heterocycles. The molecule has 0 heterocycles. The Balaban J connectivity index is 2.10. The van der Waals surface area contributed by atoms with E-state index in [1.165, 1.54) is 11.1 Å². The second-order valence-corrected chi connectivity index (χ2v) is 4.72. The van der Waals surface area contributed by atoms with Crippen molar-refractivity contribution in [3.63, 3.8) is 0 Å². The molecule has 2 heteroatoms. The minimum absolute atomic E-state index is 0.668. The molecule has 0 atom stereocenters. The highest BCUT2D eigenvalue weighted by Crippen LogP contribution is 2.12. The Hall–Kier alpha value is -1.54. The standard InChI is InChI=1S/C17H24O2/c1-15(2)8-6-4-5-7-13-19-14-16-9-11-17(18-3)12-10-16/h4,6,8-12H,5,7,13-14H2,1-3H3/b6-4-. The van der Waals surface area contributed by atoms with Crippen LogP contribution in [-0.4, -0.2) is 13.7 Å². The van der Waals surface area contributed by atoms with Crippen LogP contribution in [0, 0.1) is 0 Å². The average molecular weight is 260 g/mol. The summed E-state index contributed by atoms with van der Waals surface area (Å²) < 4.78 is 10.7. The monoisotopic (exact) mass is 260 g/mol. The summed E-state index contributed by atoms with van der Waals surface area (Å²) in [6, 6.07) is 7.99. The molecule has 1 aromatic carbocycles. The van der Waals surface area contributed by atoms with Crippen molar-refractivity contribution < 1.29 is 9.47 Å². The normalized spacial score (nSPS) is 10.7. The molecule has 0 radical (unpaired) electrons. The molecule has 0 aliphatic carbocycles. The van der Waals surface area contributed by atoms with Crippen molar-refractivity contribution in [2.24, 2.45) is 0 Å². The van der Waals surface area contributed by atoms with Crippen LogP contribution >= 0.6 is 0 Å². The summed E-state index contributed by atoms with van der Waals surface area (Å²) in [4.78, 5) is 0. The third kappa shape index (κ3) is 7.47. The number of methoxy groups -OCH3 is 1. The Morgan fingerprint density at radius 2 is 1.89 bits per heavy atom. The van der Waals surface area contributed by atoms with E-state index in [0.717, 1.165) is 25.2 Å². The zero-order valence-corrected chi connectivity index (χ0v) is 12.2. The lowest BCUT2D eigenvalue weighted by atomic mass is 10.2. The van der Waals surface area contributed by atoms with E-state index in [0.29, 0.717) is 6.61 Å². The zero-order chi connectivity index (χ0) is 13.9. The minimum atomic E-state index is 0.668. The highest BCUT2D eigenvalue weighted by molar-refractivity contribution is 5.26. The molecule has 0 aliphatic rings. The zero-order valence-electron chi connectivity index (χ0n) is 12.2. The molecule has 0 bridgehead atoms. The molecule has 0 amide bonds. The molecule has 0 saturated heterocycles. The number of rotatable bonds is 8. The van der Waals surface area contributed by atoms with Crippen LogP contribution in [-0.2, 0) is 11.3 Å². The van der Waals surface area contributed by atoms with Crippen molar-refractivity contribution in [3.05, 3.63) is 53.6 Å². The first-order valence-electron chi connectivity index (χ1n) is 6.73. The van der Waals surface area contributed by atoms with E-state index < -0.39 is 0 Å². The lowest BCUT2D eigenvalue weighted by Crippen LogP contribution is -1.95. The fraction of sp³-hybridized carbons (Fsp3) is 0.412. The van der Waals surface area contributed by atoms with E-state index >= 15 is 0 Å². The Morgan fingerprint density at radius 3 is 2.53 bits per heavy atom. The Bertz CT molecular complexity index is 398. The molecule has 1 aromatic rings. The predicted molar refractivity (Wildman–Crippen MR) is 80.5 cm³/mol. The van der Waals surface area contributed by atoms with Crippen LogP contribution in [0.2, 0.25) is 0 Å². The van der Waals surface area contributed by atoms with Gasteiger partial charge in [-0.2, -0.15) is 0 Å². The van der Waals surface area contributed by atoms with Gasteiger partial charge < -0.3 is 9.47 Å². The van der Waals surface area contributed by atoms with Crippen molar-refractivity contribution in [3.8, 4) is 5.75 Å². The highest BCUT2D eigenvalue weighted by atomic mass is 16.5. The maximum absolute atomic E-state index is 5.63. The van der Waals surface area contributed by atoms with E-state index in [2.05, 4.69) is 32.1 Å². The molecule has 104 valence electrons. The summed E-state index contributed by atoms with van der Waals surface area (Å²) in [6.45, 7) is 5.66. The average Bonchev–Trinajstić information content (AvgIpc) is 2.42. The number of allylic oxidation sites excluding steroid dienone is 4.